The number of nitrogens with zero attached hydrogens (tertiary/aromatic N) is 7. The van der Waals surface area contributed by atoms with Crippen LogP contribution in [0.3, 0.4) is 0 Å². The van der Waals surface area contributed by atoms with E-state index in [0.29, 0.717) is 5.82 Å². The van der Waals surface area contributed by atoms with Crippen LogP contribution in [0.2, 0.25) is 0 Å². The average Bonchev–Trinajstić information content (AvgIpc) is 3.24. The van der Waals surface area contributed by atoms with Crippen LogP contribution >= 0.6 is 0 Å². The summed E-state index contributed by atoms with van der Waals surface area (Å²) in [6, 6.07) is 5.63. The van der Waals surface area contributed by atoms with Crippen LogP contribution in [-0.2, 0) is 0 Å². The Morgan fingerprint density at radius 3 is 2.73 bits per heavy atom. The smallest absolute Gasteiger partial charge is 0.174 e. The maximum absolute atomic E-state index is 4.53. The predicted octanol–water partition coefficient (Wildman–Crippen LogP) is 2.21. The minimum Gasteiger partial charge on any atom is -0.270 e. The van der Waals surface area contributed by atoms with Crippen molar-refractivity contribution in [3.8, 4) is 17.1 Å². The second-order valence-corrected chi connectivity index (χ2v) is 4.31. The Bertz CT molecular complexity index is 827. The third-order valence-electron chi connectivity index (χ3n) is 2.93. The largest absolute Gasteiger partial charge is 0.270 e. The van der Waals surface area contributed by atoms with Crippen LogP contribution in [0.25, 0.3) is 22.8 Å². The monoisotopic (exact) mass is 291 g/mol. The molecule has 22 heavy (non-hydrogen) atoms. The number of hydrogen-bond acceptors (Lipinski definition) is 5. The molecule has 0 aliphatic rings. The second-order valence-electron chi connectivity index (χ2n) is 4.31. The number of aromatic nitrogens is 6. The van der Waals surface area contributed by atoms with Gasteiger partial charge in [-0.1, -0.05) is 12.6 Å². The lowest BCUT2D eigenvalue weighted by Crippen LogP contribution is -2.01. The van der Waals surface area contributed by atoms with Crippen molar-refractivity contribution in [3.63, 3.8) is 0 Å². The van der Waals surface area contributed by atoms with Crippen LogP contribution in [0.5, 0.6) is 0 Å². The molecule has 0 aliphatic heterocycles. The summed E-state index contributed by atoms with van der Waals surface area (Å²) < 4.78 is 1.66. The van der Waals surface area contributed by atoms with Gasteiger partial charge in [-0.25, -0.2) is 9.67 Å². The standard InChI is InChI=1S/C15H13N7/c1-3-13(10-16-2)21-11-12(9-19-21)14-5-4-6-15(20-14)22-17-7-8-18-22/h3-11H,1-2H2/b13-10+. The zero-order chi connectivity index (χ0) is 15.4. The zero-order valence-electron chi connectivity index (χ0n) is 11.7. The maximum atomic E-state index is 4.53. The third kappa shape index (κ3) is 2.59. The molecule has 0 aliphatic carbocycles. The molecule has 3 heterocycles. The van der Waals surface area contributed by atoms with E-state index in [9.17, 15) is 0 Å². The molecule has 0 atom stereocenters. The van der Waals surface area contributed by atoms with E-state index in [0.717, 1.165) is 17.0 Å². The molecule has 3 rings (SSSR count). The number of hydrogen-bond donors (Lipinski definition) is 0. The molecule has 0 amide bonds. The van der Waals surface area contributed by atoms with Gasteiger partial charge in [0, 0.05) is 11.8 Å². The molecule has 0 bridgehead atoms. The van der Waals surface area contributed by atoms with Crippen LogP contribution in [0, 0.1) is 0 Å². The lowest BCUT2D eigenvalue weighted by atomic mass is 10.2. The number of pyridine rings is 1. The predicted molar refractivity (Wildman–Crippen MR) is 84.4 cm³/mol. The van der Waals surface area contributed by atoms with Gasteiger partial charge in [0.15, 0.2) is 5.82 Å². The van der Waals surface area contributed by atoms with Crippen molar-refractivity contribution in [1.82, 2.24) is 29.8 Å². The fourth-order valence-corrected chi connectivity index (χ4v) is 1.92. The molecule has 0 aromatic carbocycles. The Hall–Kier alpha value is -3.35. The molecule has 7 nitrogen and oxygen atoms in total. The SMILES string of the molecule is C=C/C(=C\N=C)n1cc(-c2cccc(-n3nccn3)n2)cn1. The van der Waals surface area contributed by atoms with E-state index < -0.39 is 0 Å². The molecule has 7 heteroatoms. The first-order chi connectivity index (χ1) is 10.8. The summed E-state index contributed by atoms with van der Waals surface area (Å²) in [5, 5.41) is 12.4. The topological polar surface area (TPSA) is 73.8 Å². The van der Waals surface area contributed by atoms with Gasteiger partial charge in [0.25, 0.3) is 0 Å². The van der Waals surface area contributed by atoms with Crippen molar-refractivity contribution < 1.29 is 0 Å². The number of allylic oxidation sites excluding steroid dienone is 2. The second kappa shape index (κ2) is 5.96. The van der Waals surface area contributed by atoms with Gasteiger partial charge in [0.2, 0.25) is 0 Å². The summed E-state index contributed by atoms with van der Waals surface area (Å²) in [5.74, 6) is 0.641. The highest BCUT2D eigenvalue weighted by atomic mass is 15.5. The fourth-order valence-electron chi connectivity index (χ4n) is 1.92. The summed E-state index contributed by atoms with van der Waals surface area (Å²) in [7, 11) is 0. The quantitative estimate of drug-likeness (QED) is 0.533. The summed E-state index contributed by atoms with van der Waals surface area (Å²) in [6.07, 6.45) is 10.0. The first-order valence-electron chi connectivity index (χ1n) is 6.49. The van der Waals surface area contributed by atoms with Gasteiger partial charge >= 0.3 is 0 Å². The van der Waals surface area contributed by atoms with Gasteiger partial charge in [-0.15, -0.1) is 4.80 Å². The summed E-state index contributed by atoms with van der Waals surface area (Å²) in [4.78, 5) is 9.73. The summed E-state index contributed by atoms with van der Waals surface area (Å²) in [6.45, 7) is 7.17. The first kappa shape index (κ1) is 13.6. The van der Waals surface area contributed by atoms with Gasteiger partial charge in [-0.2, -0.15) is 15.3 Å². The van der Waals surface area contributed by atoms with Crippen molar-refractivity contribution >= 4 is 12.4 Å². The van der Waals surface area contributed by atoms with Crippen LogP contribution in [0.1, 0.15) is 0 Å². The van der Waals surface area contributed by atoms with Gasteiger partial charge in [0.1, 0.15) is 0 Å². The van der Waals surface area contributed by atoms with Crippen molar-refractivity contribution in [2.24, 2.45) is 4.99 Å². The van der Waals surface area contributed by atoms with E-state index in [1.807, 2.05) is 24.4 Å². The van der Waals surface area contributed by atoms with E-state index >= 15 is 0 Å². The highest BCUT2D eigenvalue weighted by Crippen LogP contribution is 2.19. The minimum atomic E-state index is 0.641. The number of rotatable bonds is 5. The van der Waals surface area contributed by atoms with Crippen molar-refractivity contribution in [2.75, 3.05) is 0 Å². The van der Waals surface area contributed by atoms with Crippen LogP contribution < -0.4 is 0 Å². The molecule has 0 saturated heterocycles. The van der Waals surface area contributed by atoms with Crippen LogP contribution in [0.15, 0.2) is 66.8 Å². The van der Waals surface area contributed by atoms with E-state index in [4.69, 9.17) is 0 Å². The molecule has 0 unspecified atom stereocenters. The van der Waals surface area contributed by atoms with Crippen LogP contribution in [0.4, 0.5) is 0 Å². The Labute approximate surface area is 127 Å². The Kier molecular flexibility index (Phi) is 3.69. The van der Waals surface area contributed by atoms with E-state index in [-0.39, 0.29) is 0 Å². The molecular weight excluding hydrogens is 278 g/mol. The zero-order valence-corrected chi connectivity index (χ0v) is 11.7. The van der Waals surface area contributed by atoms with E-state index in [2.05, 4.69) is 38.6 Å². The molecule has 3 aromatic rings. The normalized spacial score (nSPS) is 11.4. The molecule has 0 N–H and O–H groups in total. The molecule has 0 radical (unpaired) electrons. The Morgan fingerprint density at radius 1 is 1.18 bits per heavy atom. The lowest BCUT2D eigenvalue weighted by molar-refractivity contribution is 0.730. The molecule has 108 valence electrons. The fraction of sp³-hybridized carbons (Fsp3) is 0. The third-order valence-corrected chi connectivity index (χ3v) is 2.93. The van der Waals surface area contributed by atoms with Gasteiger partial charge < -0.3 is 0 Å². The summed E-state index contributed by atoms with van der Waals surface area (Å²) >= 11 is 0. The van der Waals surface area contributed by atoms with Gasteiger partial charge in [-0.3, -0.25) is 4.99 Å². The highest BCUT2D eigenvalue weighted by molar-refractivity contribution is 5.62. The van der Waals surface area contributed by atoms with Crippen LogP contribution in [-0.4, -0.2) is 36.5 Å². The molecule has 0 spiro atoms. The van der Waals surface area contributed by atoms with Gasteiger partial charge in [-0.05, 0) is 24.9 Å². The Morgan fingerprint density at radius 2 is 2.00 bits per heavy atom. The first-order valence-corrected chi connectivity index (χ1v) is 6.49. The van der Waals surface area contributed by atoms with E-state index in [1.54, 1.807) is 35.5 Å². The molecule has 3 aromatic heterocycles. The van der Waals surface area contributed by atoms with Gasteiger partial charge in [0.05, 0.1) is 36.2 Å². The molecule has 0 saturated carbocycles. The van der Waals surface area contributed by atoms with Crippen molar-refractivity contribution in [1.29, 1.82) is 0 Å². The van der Waals surface area contributed by atoms with E-state index in [1.165, 1.54) is 4.80 Å². The molecule has 0 fully saturated rings. The average molecular weight is 291 g/mol. The minimum absolute atomic E-state index is 0.641. The maximum Gasteiger partial charge on any atom is 0.174 e. The lowest BCUT2D eigenvalue weighted by Gasteiger charge is -2.02. The summed E-state index contributed by atoms with van der Waals surface area (Å²) in [5.41, 5.74) is 2.37. The van der Waals surface area contributed by atoms with Crippen molar-refractivity contribution in [3.05, 3.63) is 61.8 Å². The molecular formula is C15H13N7. The van der Waals surface area contributed by atoms with Crippen molar-refractivity contribution in [2.45, 2.75) is 0 Å². The number of aliphatic imine (C=N–C) groups is 1. The Balaban J connectivity index is 1.97. The highest BCUT2D eigenvalue weighted by Gasteiger charge is 2.07.